The standard InChI is InChI=1S/3C40H26/c1-2-11-27(12-3-1)28-21-23-31(24-22-28)38-35-18-8-9-19-36(35)39(34-20-10-15-29-13-4-6-16-32(29)34)37-26-25-30-14-5-7-17-33(30)40(37)38;1-2-13-28(14-3-1)32-17-8-9-19-34(32)40-36-21-11-10-20-35(36)38(31-23-22-27-12-4-5-16-30(27)26-31)37-25-24-29-15-6-7-18-33(29)39(37)40;1-2-11-27(12-3-1)31-16-10-17-32(25-31)39-36-20-9-8-19-35(36)38(33-22-21-28-13-4-5-15-30(28)26-33)37-24-23-29-14-6-7-18-34(29)40(37)39/h3*1-26H. The van der Waals surface area contributed by atoms with Crippen molar-refractivity contribution in [3.63, 3.8) is 0 Å². The van der Waals surface area contributed by atoms with E-state index in [-0.39, 0.29) is 0 Å². The molecular weight excluding hydrogens is 1440 g/mol. The van der Waals surface area contributed by atoms with Crippen LogP contribution in [0, 0.1) is 0 Å². The third-order valence-electron chi connectivity index (χ3n) is 24.7. The van der Waals surface area contributed by atoms with Gasteiger partial charge in [0.25, 0.3) is 0 Å². The van der Waals surface area contributed by atoms with Crippen LogP contribution in [-0.2, 0) is 0 Å². The average molecular weight is 1520 g/mol. The minimum absolute atomic E-state index is 1.23. The van der Waals surface area contributed by atoms with Gasteiger partial charge in [0.05, 0.1) is 0 Å². The van der Waals surface area contributed by atoms with Crippen LogP contribution in [0.3, 0.4) is 0 Å². The number of hydrogen-bond donors (Lipinski definition) is 0. The van der Waals surface area contributed by atoms with Gasteiger partial charge in [-0.25, -0.2) is 0 Å². The Hall–Kier alpha value is -15.6. The number of hydrogen-bond acceptors (Lipinski definition) is 0. The Kier molecular flexibility index (Phi) is 18.1. The summed E-state index contributed by atoms with van der Waals surface area (Å²) < 4.78 is 0. The van der Waals surface area contributed by atoms with E-state index in [2.05, 4.69) is 473 Å². The van der Waals surface area contributed by atoms with E-state index >= 15 is 0 Å². The highest BCUT2D eigenvalue weighted by Gasteiger charge is 2.25. The molecule has 558 valence electrons. The molecule has 0 bridgehead atoms. The Morgan fingerprint density at radius 2 is 0.358 bits per heavy atom. The van der Waals surface area contributed by atoms with Gasteiger partial charge in [-0.1, -0.05) is 455 Å². The number of rotatable bonds is 9. The van der Waals surface area contributed by atoms with Gasteiger partial charge in [0.15, 0.2) is 0 Å². The molecule has 24 aromatic carbocycles. The zero-order valence-corrected chi connectivity index (χ0v) is 66.0. The molecule has 0 aliphatic carbocycles. The van der Waals surface area contributed by atoms with E-state index in [0.29, 0.717) is 0 Å². The van der Waals surface area contributed by atoms with Crippen LogP contribution >= 0.6 is 0 Å². The minimum Gasteiger partial charge on any atom is -0.0622 e. The molecule has 0 nitrogen and oxygen atoms in total. The van der Waals surface area contributed by atoms with Crippen LogP contribution in [0.25, 0.3) is 229 Å². The third kappa shape index (κ3) is 12.6. The average Bonchev–Trinajstić information content (AvgIpc) is 0.726. The van der Waals surface area contributed by atoms with Crippen molar-refractivity contribution in [3.8, 4) is 100 Å². The molecule has 0 spiro atoms. The molecule has 0 aliphatic heterocycles. The van der Waals surface area contributed by atoms with Crippen LogP contribution in [0.1, 0.15) is 0 Å². The molecule has 0 heterocycles. The van der Waals surface area contributed by atoms with Crippen molar-refractivity contribution in [2.45, 2.75) is 0 Å². The van der Waals surface area contributed by atoms with E-state index in [9.17, 15) is 0 Å². The second-order valence-corrected chi connectivity index (χ2v) is 31.5. The predicted molar refractivity (Wildman–Crippen MR) is 518 cm³/mol. The lowest BCUT2D eigenvalue weighted by Crippen LogP contribution is -1.93. The van der Waals surface area contributed by atoms with Gasteiger partial charge in [-0.15, -0.1) is 0 Å². The van der Waals surface area contributed by atoms with Crippen molar-refractivity contribution in [1.29, 1.82) is 0 Å². The third-order valence-corrected chi connectivity index (χ3v) is 24.7. The van der Waals surface area contributed by atoms with Crippen molar-refractivity contribution in [2.75, 3.05) is 0 Å². The summed E-state index contributed by atoms with van der Waals surface area (Å²) in [4.78, 5) is 0. The van der Waals surface area contributed by atoms with Crippen LogP contribution in [0.2, 0.25) is 0 Å². The van der Waals surface area contributed by atoms with Crippen molar-refractivity contribution in [1.82, 2.24) is 0 Å². The maximum absolute atomic E-state index is 2.36. The first kappa shape index (κ1) is 71.0. The van der Waals surface area contributed by atoms with E-state index in [1.54, 1.807) is 0 Å². The van der Waals surface area contributed by atoms with Gasteiger partial charge in [0.1, 0.15) is 0 Å². The Balaban J connectivity index is 0.000000108. The summed E-state index contributed by atoms with van der Waals surface area (Å²) in [6.45, 7) is 0. The fourth-order valence-corrected chi connectivity index (χ4v) is 19.3. The molecule has 0 radical (unpaired) electrons. The molecular formula is C120H78. The summed E-state index contributed by atoms with van der Waals surface area (Å²) in [6.07, 6.45) is 0. The maximum atomic E-state index is 2.36. The van der Waals surface area contributed by atoms with Crippen LogP contribution in [0.15, 0.2) is 473 Å². The minimum atomic E-state index is 1.23. The topological polar surface area (TPSA) is 0 Å². The molecule has 0 amide bonds. The monoisotopic (exact) mass is 1520 g/mol. The van der Waals surface area contributed by atoms with Gasteiger partial charge in [-0.3, -0.25) is 0 Å². The lowest BCUT2D eigenvalue weighted by molar-refractivity contribution is 1.61. The maximum Gasteiger partial charge on any atom is -0.00139 e. The van der Waals surface area contributed by atoms with Crippen molar-refractivity contribution in [3.05, 3.63) is 473 Å². The Morgan fingerprint density at radius 3 is 0.850 bits per heavy atom. The van der Waals surface area contributed by atoms with Gasteiger partial charge in [-0.05, 0) is 248 Å². The normalized spacial score (nSPS) is 11.5. The van der Waals surface area contributed by atoms with Gasteiger partial charge in [-0.2, -0.15) is 0 Å². The summed E-state index contributed by atoms with van der Waals surface area (Å²) in [5, 5.41) is 30.7. The zero-order valence-electron chi connectivity index (χ0n) is 66.0. The lowest BCUT2D eigenvalue weighted by Gasteiger charge is -2.21. The number of fused-ring (bicyclic) bond motifs is 15. The molecule has 0 heteroatoms. The molecule has 0 aliphatic rings. The van der Waals surface area contributed by atoms with Crippen molar-refractivity contribution in [2.24, 2.45) is 0 Å². The Labute approximate surface area is 697 Å². The predicted octanol–water partition coefficient (Wildman–Crippen LogP) is 33.9. The van der Waals surface area contributed by atoms with E-state index in [1.165, 1.54) is 229 Å². The van der Waals surface area contributed by atoms with Gasteiger partial charge in [0, 0.05) is 0 Å². The van der Waals surface area contributed by atoms with Crippen LogP contribution in [-0.4, -0.2) is 0 Å². The number of benzene rings is 24. The van der Waals surface area contributed by atoms with Crippen LogP contribution in [0.4, 0.5) is 0 Å². The van der Waals surface area contributed by atoms with Crippen molar-refractivity contribution >= 4 is 129 Å². The SMILES string of the molecule is c1ccc(-c2ccc(-c3c4ccccc4c(-c4cccc5ccccc45)c4ccc5ccccc5c34)cc2)cc1.c1ccc(-c2cccc(-c3c4ccccc4c(-c4ccc5ccccc5c4)c4ccc5ccccc5c34)c2)cc1.c1ccc(-c2ccccc2-c2c3ccccc3c(-c3ccc4ccccc4c3)c3ccc4ccccc4c23)cc1. The molecule has 24 aromatic rings. The molecule has 0 saturated heterocycles. The van der Waals surface area contributed by atoms with Crippen molar-refractivity contribution < 1.29 is 0 Å². The fourth-order valence-electron chi connectivity index (χ4n) is 19.3. The summed E-state index contributed by atoms with van der Waals surface area (Å²) in [6, 6.07) is 173. The van der Waals surface area contributed by atoms with E-state index in [0.717, 1.165) is 0 Å². The second-order valence-electron chi connectivity index (χ2n) is 31.5. The summed E-state index contributed by atoms with van der Waals surface area (Å²) in [5.74, 6) is 0. The second kappa shape index (κ2) is 30.5. The first-order valence-corrected chi connectivity index (χ1v) is 41.6. The fraction of sp³-hybridized carbons (Fsp3) is 0. The molecule has 0 N–H and O–H groups in total. The van der Waals surface area contributed by atoms with E-state index in [4.69, 9.17) is 0 Å². The summed E-state index contributed by atoms with van der Waals surface area (Å²) >= 11 is 0. The molecule has 120 heavy (non-hydrogen) atoms. The molecule has 0 fully saturated rings. The van der Waals surface area contributed by atoms with Crippen LogP contribution < -0.4 is 0 Å². The van der Waals surface area contributed by atoms with Gasteiger partial charge in [0.2, 0.25) is 0 Å². The highest BCUT2D eigenvalue weighted by molar-refractivity contribution is 6.32. The van der Waals surface area contributed by atoms with Crippen LogP contribution in [0.5, 0.6) is 0 Å². The highest BCUT2D eigenvalue weighted by Crippen LogP contribution is 2.52. The highest BCUT2D eigenvalue weighted by atomic mass is 14.3. The first-order valence-electron chi connectivity index (χ1n) is 41.6. The Bertz CT molecular complexity index is 8110. The van der Waals surface area contributed by atoms with Gasteiger partial charge < -0.3 is 0 Å². The largest absolute Gasteiger partial charge is 0.0622 e. The van der Waals surface area contributed by atoms with E-state index in [1.807, 2.05) is 0 Å². The molecule has 0 saturated carbocycles. The first-order chi connectivity index (χ1) is 59.6. The zero-order chi connectivity index (χ0) is 79.4. The molecule has 0 atom stereocenters. The molecule has 0 unspecified atom stereocenters. The summed E-state index contributed by atoms with van der Waals surface area (Å²) in [7, 11) is 0. The quantitative estimate of drug-likeness (QED) is 0.0998. The smallest absolute Gasteiger partial charge is 0.00139 e. The lowest BCUT2D eigenvalue weighted by atomic mass is 9.82. The van der Waals surface area contributed by atoms with E-state index < -0.39 is 0 Å². The molecule has 24 rings (SSSR count). The molecule has 0 aromatic heterocycles. The summed E-state index contributed by atoms with van der Waals surface area (Å²) in [5.41, 5.74) is 22.7. The van der Waals surface area contributed by atoms with Gasteiger partial charge >= 0.3 is 0 Å². The Morgan fingerprint density at radius 1 is 0.0917 bits per heavy atom.